The Morgan fingerprint density at radius 2 is 1.88 bits per heavy atom. The van der Waals surface area contributed by atoms with E-state index in [0.29, 0.717) is 23.7 Å². The van der Waals surface area contributed by atoms with Crippen LogP contribution in [0.25, 0.3) is 11.3 Å². The van der Waals surface area contributed by atoms with Crippen LogP contribution < -0.4 is 0 Å². The Balaban J connectivity index is 0.00000105. The average Bonchev–Trinajstić information content (AvgIpc) is 2.95. The minimum absolute atomic E-state index is 0.127. The van der Waals surface area contributed by atoms with Gasteiger partial charge in [-0.3, -0.25) is 9.67 Å². The molecule has 9 heteroatoms. The second-order valence-corrected chi connectivity index (χ2v) is 5.98. The van der Waals surface area contributed by atoms with Crippen molar-refractivity contribution in [2.24, 2.45) is 5.92 Å². The summed E-state index contributed by atoms with van der Waals surface area (Å²) >= 11 is 6.21. The summed E-state index contributed by atoms with van der Waals surface area (Å²) in [7, 11) is 0. The first-order chi connectivity index (χ1) is 12.2. The third kappa shape index (κ3) is 5.41. The molecule has 2 heterocycles. The molecule has 0 N–H and O–H groups in total. The van der Waals surface area contributed by atoms with E-state index in [1.165, 1.54) is 6.92 Å². The number of aryl methyl sites for hydroxylation is 2. The number of pyridine rings is 1. The SMILES string of the molecule is CCc1cc(C[C@@H](C)C(F)(F)F)ncc1-c1c(Cl)cnn1CC.O=C=O. The van der Waals surface area contributed by atoms with Gasteiger partial charge in [0.2, 0.25) is 0 Å². The van der Waals surface area contributed by atoms with Crippen molar-refractivity contribution < 1.29 is 22.8 Å². The van der Waals surface area contributed by atoms with Crippen LogP contribution in [0.1, 0.15) is 32.0 Å². The summed E-state index contributed by atoms with van der Waals surface area (Å²) in [5.74, 6) is -1.42. The second kappa shape index (κ2) is 9.50. The monoisotopic (exact) mass is 389 g/mol. The summed E-state index contributed by atoms with van der Waals surface area (Å²) < 4.78 is 39.9. The van der Waals surface area contributed by atoms with Gasteiger partial charge < -0.3 is 0 Å². The van der Waals surface area contributed by atoms with E-state index in [2.05, 4.69) is 10.1 Å². The van der Waals surface area contributed by atoms with Crippen LogP contribution >= 0.6 is 11.6 Å². The van der Waals surface area contributed by atoms with Crippen molar-refractivity contribution in [2.45, 2.75) is 46.3 Å². The first-order valence-corrected chi connectivity index (χ1v) is 8.32. The molecule has 26 heavy (non-hydrogen) atoms. The van der Waals surface area contributed by atoms with Crippen LogP contribution in [0.3, 0.4) is 0 Å². The summed E-state index contributed by atoms with van der Waals surface area (Å²) in [6, 6.07) is 1.74. The molecule has 0 saturated carbocycles. The molecule has 2 aromatic rings. The maximum Gasteiger partial charge on any atom is 0.391 e. The number of aromatic nitrogens is 3. The van der Waals surface area contributed by atoms with E-state index >= 15 is 0 Å². The molecule has 2 rings (SSSR count). The quantitative estimate of drug-likeness (QED) is 0.763. The number of carbonyl (C=O) groups excluding carboxylic acids is 2. The van der Waals surface area contributed by atoms with Gasteiger partial charge in [0.05, 0.1) is 22.8 Å². The molecule has 0 bridgehead atoms. The van der Waals surface area contributed by atoms with Crippen LogP contribution in [0, 0.1) is 5.92 Å². The number of rotatable bonds is 5. The normalized spacial score (nSPS) is 12.1. The van der Waals surface area contributed by atoms with Crippen LogP contribution in [0.15, 0.2) is 18.5 Å². The molecule has 0 aliphatic carbocycles. The smallest absolute Gasteiger partial charge is 0.264 e. The topological polar surface area (TPSA) is 64.8 Å². The van der Waals surface area contributed by atoms with Gasteiger partial charge in [-0.25, -0.2) is 0 Å². The third-order valence-electron chi connectivity index (χ3n) is 3.85. The van der Waals surface area contributed by atoms with E-state index in [1.54, 1.807) is 23.1 Å². The van der Waals surface area contributed by atoms with E-state index in [9.17, 15) is 13.2 Å². The average molecular weight is 390 g/mol. The Morgan fingerprint density at radius 3 is 2.38 bits per heavy atom. The molecular formula is C17H19ClF3N3O2. The minimum atomic E-state index is -4.21. The maximum absolute atomic E-state index is 12.7. The highest BCUT2D eigenvalue weighted by molar-refractivity contribution is 6.33. The predicted molar refractivity (Wildman–Crippen MR) is 89.5 cm³/mol. The molecule has 142 valence electrons. The molecule has 0 aliphatic rings. The van der Waals surface area contributed by atoms with E-state index in [0.717, 1.165) is 16.8 Å². The molecule has 2 aromatic heterocycles. The van der Waals surface area contributed by atoms with Crippen molar-refractivity contribution in [1.29, 1.82) is 0 Å². The van der Waals surface area contributed by atoms with E-state index < -0.39 is 12.1 Å². The highest BCUT2D eigenvalue weighted by Crippen LogP contribution is 2.32. The Morgan fingerprint density at radius 1 is 1.27 bits per heavy atom. The molecule has 0 saturated heterocycles. The zero-order chi connectivity index (χ0) is 19.9. The number of hydrogen-bond acceptors (Lipinski definition) is 4. The van der Waals surface area contributed by atoms with Gasteiger partial charge in [0.25, 0.3) is 0 Å². The van der Waals surface area contributed by atoms with Crippen molar-refractivity contribution in [3.05, 3.63) is 34.7 Å². The van der Waals surface area contributed by atoms with Crippen LogP contribution in [0.5, 0.6) is 0 Å². The highest BCUT2D eigenvalue weighted by atomic mass is 35.5. The minimum Gasteiger partial charge on any atom is -0.264 e. The zero-order valence-corrected chi connectivity index (χ0v) is 15.4. The van der Waals surface area contributed by atoms with E-state index in [4.69, 9.17) is 21.2 Å². The Hall–Kier alpha value is -2.18. The molecule has 0 unspecified atom stereocenters. The van der Waals surface area contributed by atoms with Crippen molar-refractivity contribution in [1.82, 2.24) is 14.8 Å². The van der Waals surface area contributed by atoms with Gasteiger partial charge in [-0.1, -0.05) is 25.4 Å². The molecule has 5 nitrogen and oxygen atoms in total. The molecule has 0 aliphatic heterocycles. The van der Waals surface area contributed by atoms with Crippen LogP contribution in [0.4, 0.5) is 13.2 Å². The van der Waals surface area contributed by atoms with Crippen molar-refractivity contribution in [3.63, 3.8) is 0 Å². The summed E-state index contributed by atoms with van der Waals surface area (Å²) in [5, 5.41) is 4.71. The van der Waals surface area contributed by atoms with Gasteiger partial charge >= 0.3 is 12.3 Å². The van der Waals surface area contributed by atoms with Gasteiger partial charge in [0.15, 0.2) is 0 Å². The zero-order valence-electron chi connectivity index (χ0n) is 14.6. The lowest BCUT2D eigenvalue weighted by Gasteiger charge is -2.16. The number of nitrogens with zero attached hydrogens (tertiary/aromatic N) is 3. The first kappa shape index (κ1) is 21.9. The Bertz CT molecular complexity index is 769. The van der Waals surface area contributed by atoms with Gasteiger partial charge in [0.1, 0.15) is 0 Å². The molecule has 0 amide bonds. The summed E-state index contributed by atoms with van der Waals surface area (Å²) in [4.78, 5) is 20.5. The van der Waals surface area contributed by atoms with Crippen LogP contribution in [0.2, 0.25) is 5.02 Å². The lowest BCUT2D eigenvalue weighted by Crippen LogP contribution is -2.22. The fourth-order valence-corrected chi connectivity index (χ4v) is 2.71. The number of alkyl halides is 3. The third-order valence-corrected chi connectivity index (χ3v) is 4.13. The van der Waals surface area contributed by atoms with Gasteiger partial charge in [-0.2, -0.15) is 27.9 Å². The van der Waals surface area contributed by atoms with Crippen LogP contribution in [-0.2, 0) is 29.0 Å². The number of hydrogen-bond donors (Lipinski definition) is 0. The van der Waals surface area contributed by atoms with Crippen LogP contribution in [-0.4, -0.2) is 27.1 Å². The van der Waals surface area contributed by atoms with Crippen molar-refractivity contribution in [2.75, 3.05) is 0 Å². The summed E-state index contributed by atoms with van der Waals surface area (Å²) in [5.41, 5.74) is 2.93. The molecule has 0 aromatic carbocycles. The maximum atomic E-state index is 12.7. The van der Waals surface area contributed by atoms with Crippen molar-refractivity contribution in [3.8, 4) is 11.3 Å². The second-order valence-electron chi connectivity index (χ2n) is 5.57. The lowest BCUT2D eigenvalue weighted by atomic mass is 9.99. The largest absolute Gasteiger partial charge is 0.391 e. The highest BCUT2D eigenvalue weighted by Gasteiger charge is 2.36. The standard InChI is InChI=1S/C16H19ClF3N3.CO2/c1-4-11-7-12(6-10(3)16(18,19)20)21-8-13(11)15-14(17)9-22-23(15)5-2;2-1-3/h7-10H,4-6H2,1-3H3;/t10-;/m1./s1. The Kier molecular flexibility index (Phi) is 7.99. The predicted octanol–water partition coefficient (Wildman–Crippen LogP) is 4.34. The molecule has 0 spiro atoms. The van der Waals surface area contributed by atoms with Gasteiger partial charge in [-0.15, -0.1) is 0 Å². The van der Waals surface area contributed by atoms with Crippen molar-refractivity contribution >= 4 is 17.8 Å². The molecule has 0 radical (unpaired) electrons. The van der Waals surface area contributed by atoms with E-state index in [1.807, 2.05) is 13.8 Å². The van der Waals surface area contributed by atoms with Gasteiger partial charge in [0, 0.05) is 30.4 Å². The first-order valence-electron chi connectivity index (χ1n) is 7.94. The summed E-state index contributed by atoms with van der Waals surface area (Å²) in [6.45, 7) is 5.73. The van der Waals surface area contributed by atoms with Gasteiger partial charge in [-0.05, 0) is 25.0 Å². The molecular weight excluding hydrogens is 371 g/mol. The molecule has 0 fully saturated rings. The molecule has 1 atom stereocenters. The fourth-order valence-electron chi connectivity index (χ4n) is 2.46. The number of halogens is 4. The van der Waals surface area contributed by atoms with E-state index in [-0.39, 0.29) is 12.6 Å². The fraction of sp³-hybridized carbons (Fsp3) is 0.471. The summed E-state index contributed by atoms with van der Waals surface area (Å²) in [6.07, 6.45) is -0.239. The lowest BCUT2D eigenvalue weighted by molar-refractivity contribution is -0.191. The Labute approximate surface area is 154 Å².